The second-order valence-electron chi connectivity index (χ2n) is 3.56. The van der Waals surface area contributed by atoms with Crippen LogP contribution in [0.3, 0.4) is 0 Å². The lowest BCUT2D eigenvalue weighted by Crippen LogP contribution is -2.41. The molecule has 1 heterocycles. The van der Waals surface area contributed by atoms with Crippen molar-refractivity contribution in [3.05, 3.63) is 28.5 Å². The summed E-state index contributed by atoms with van der Waals surface area (Å²) in [6, 6.07) is 3.02. The van der Waals surface area contributed by atoms with Crippen molar-refractivity contribution in [2.45, 2.75) is 19.4 Å². The SMILES string of the molecule is CCC(C(=O)O)N(C)C(=O)C=Cc1cccs1. The van der Waals surface area contributed by atoms with Crippen molar-refractivity contribution in [2.75, 3.05) is 7.05 Å². The number of likely N-dealkylation sites (N-methyl/N-ethyl adjacent to an activating group) is 1. The second-order valence-corrected chi connectivity index (χ2v) is 4.54. The molecule has 1 atom stereocenters. The molecular formula is C12H15NO3S. The minimum Gasteiger partial charge on any atom is -0.480 e. The Hall–Kier alpha value is -1.62. The lowest BCUT2D eigenvalue weighted by Gasteiger charge is -2.22. The van der Waals surface area contributed by atoms with Gasteiger partial charge in [0.1, 0.15) is 6.04 Å². The van der Waals surface area contributed by atoms with Gasteiger partial charge in [0, 0.05) is 18.0 Å². The number of carboxylic acid groups (broad SMARTS) is 1. The smallest absolute Gasteiger partial charge is 0.326 e. The summed E-state index contributed by atoms with van der Waals surface area (Å²) in [7, 11) is 1.50. The molecule has 1 rings (SSSR count). The topological polar surface area (TPSA) is 57.6 Å². The Morgan fingerprint density at radius 2 is 2.29 bits per heavy atom. The predicted octanol–water partition coefficient (Wildman–Crippen LogP) is 2.08. The molecule has 4 nitrogen and oxygen atoms in total. The third-order valence-corrected chi connectivity index (χ3v) is 3.26. The van der Waals surface area contributed by atoms with Gasteiger partial charge >= 0.3 is 5.97 Å². The van der Waals surface area contributed by atoms with E-state index in [1.807, 2.05) is 17.5 Å². The quantitative estimate of drug-likeness (QED) is 0.817. The average molecular weight is 253 g/mol. The van der Waals surface area contributed by atoms with E-state index in [9.17, 15) is 9.59 Å². The summed E-state index contributed by atoms with van der Waals surface area (Å²) >= 11 is 1.52. The van der Waals surface area contributed by atoms with E-state index in [1.54, 1.807) is 13.0 Å². The first-order valence-corrected chi connectivity index (χ1v) is 6.15. The normalized spacial score (nSPS) is 12.6. The highest BCUT2D eigenvalue weighted by Gasteiger charge is 2.22. The van der Waals surface area contributed by atoms with Gasteiger partial charge in [-0.15, -0.1) is 11.3 Å². The number of aliphatic carboxylic acids is 1. The zero-order valence-corrected chi connectivity index (χ0v) is 10.6. The first-order valence-electron chi connectivity index (χ1n) is 5.27. The van der Waals surface area contributed by atoms with Gasteiger partial charge in [-0.05, 0) is 23.9 Å². The van der Waals surface area contributed by atoms with E-state index in [0.717, 1.165) is 4.88 Å². The summed E-state index contributed by atoms with van der Waals surface area (Å²) in [4.78, 5) is 24.8. The van der Waals surface area contributed by atoms with Crippen molar-refractivity contribution < 1.29 is 14.7 Å². The van der Waals surface area contributed by atoms with Crippen LogP contribution in [0.5, 0.6) is 0 Å². The van der Waals surface area contributed by atoms with Gasteiger partial charge in [0.05, 0.1) is 0 Å². The molecule has 0 aliphatic carbocycles. The predicted molar refractivity (Wildman–Crippen MR) is 67.8 cm³/mol. The molecule has 0 fully saturated rings. The molecule has 0 saturated heterocycles. The summed E-state index contributed by atoms with van der Waals surface area (Å²) in [5.74, 6) is -1.28. The molecule has 0 saturated carbocycles. The average Bonchev–Trinajstić information content (AvgIpc) is 2.78. The van der Waals surface area contributed by atoms with Crippen molar-refractivity contribution >= 4 is 29.3 Å². The number of rotatable bonds is 5. The van der Waals surface area contributed by atoms with Gasteiger partial charge in [-0.25, -0.2) is 4.79 Å². The van der Waals surface area contributed by atoms with Crippen LogP contribution in [-0.2, 0) is 9.59 Å². The zero-order chi connectivity index (χ0) is 12.8. The van der Waals surface area contributed by atoms with Gasteiger partial charge in [0.2, 0.25) is 5.91 Å². The summed E-state index contributed by atoms with van der Waals surface area (Å²) in [6.07, 6.45) is 3.49. The van der Waals surface area contributed by atoms with E-state index >= 15 is 0 Å². The first kappa shape index (κ1) is 13.4. The molecule has 1 amide bonds. The minimum atomic E-state index is -0.979. The van der Waals surface area contributed by atoms with Crippen LogP contribution in [0.1, 0.15) is 18.2 Å². The molecule has 0 radical (unpaired) electrons. The van der Waals surface area contributed by atoms with Crippen LogP contribution in [0.15, 0.2) is 23.6 Å². The summed E-state index contributed by atoms with van der Waals surface area (Å²) in [5.41, 5.74) is 0. The zero-order valence-electron chi connectivity index (χ0n) is 9.79. The molecule has 0 spiro atoms. The summed E-state index contributed by atoms with van der Waals surface area (Å²) < 4.78 is 0. The van der Waals surface area contributed by atoms with Crippen molar-refractivity contribution in [3.63, 3.8) is 0 Å². The third kappa shape index (κ3) is 3.71. The maximum absolute atomic E-state index is 11.7. The van der Waals surface area contributed by atoms with E-state index in [1.165, 1.54) is 29.4 Å². The number of carboxylic acids is 1. The summed E-state index contributed by atoms with van der Waals surface area (Å²) in [6.45, 7) is 1.74. The molecule has 0 aliphatic heterocycles. The number of thiophene rings is 1. The lowest BCUT2D eigenvalue weighted by atomic mass is 10.2. The minimum absolute atomic E-state index is 0.298. The van der Waals surface area contributed by atoms with Crippen LogP contribution in [-0.4, -0.2) is 35.0 Å². The fourth-order valence-corrected chi connectivity index (χ4v) is 2.04. The second kappa shape index (κ2) is 6.20. The number of amides is 1. The molecular weight excluding hydrogens is 238 g/mol. The molecule has 1 unspecified atom stereocenters. The molecule has 1 N–H and O–H groups in total. The van der Waals surface area contributed by atoms with Crippen LogP contribution in [0.25, 0.3) is 6.08 Å². The fourth-order valence-electron chi connectivity index (χ4n) is 1.42. The maximum atomic E-state index is 11.7. The Kier molecular flexibility index (Phi) is 4.90. The highest BCUT2D eigenvalue weighted by Crippen LogP contribution is 2.11. The van der Waals surface area contributed by atoms with Crippen LogP contribution in [0.2, 0.25) is 0 Å². The van der Waals surface area contributed by atoms with Gasteiger partial charge in [-0.1, -0.05) is 13.0 Å². The van der Waals surface area contributed by atoms with Crippen LogP contribution in [0, 0.1) is 0 Å². The van der Waals surface area contributed by atoms with E-state index in [4.69, 9.17) is 5.11 Å². The van der Waals surface area contributed by atoms with Crippen LogP contribution < -0.4 is 0 Å². The van der Waals surface area contributed by atoms with Gasteiger partial charge in [0.15, 0.2) is 0 Å². The van der Waals surface area contributed by atoms with Crippen LogP contribution in [0.4, 0.5) is 0 Å². The standard InChI is InChI=1S/C12H15NO3S/c1-3-10(12(15)16)13(2)11(14)7-6-9-5-4-8-17-9/h4-8,10H,3H2,1-2H3,(H,15,16). The number of hydrogen-bond donors (Lipinski definition) is 1. The van der Waals surface area contributed by atoms with Gasteiger partial charge < -0.3 is 10.0 Å². The lowest BCUT2D eigenvalue weighted by molar-refractivity contribution is -0.147. The van der Waals surface area contributed by atoms with Crippen molar-refractivity contribution in [2.24, 2.45) is 0 Å². The molecule has 5 heteroatoms. The molecule has 1 aromatic heterocycles. The molecule has 17 heavy (non-hydrogen) atoms. The third-order valence-electron chi connectivity index (χ3n) is 2.42. The van der Waals surface area contributed by atoms with E-state index < -0.39 is 12.0 Å². The van der Waals surface area contributed by atoms with Crippen molar-refractivity contribution in [1.82, 2.24) is 4.90 Å². The molecule has 0 aliphatic rings. The Balaban J connectivity index is 2.66. The van der Waals surface area contributed by atoms with Crippen molar-refractivity contribution in [3.8, 4) is 0 Å². The number of nitrogens with zero attached hydrogens (tertiary/aromatic N) is 1. The van der Waals surface area contributed by atoms with E-state index in [-0.39, 0.29) is 5.91 Å². The van der Waals surface area contributed by atoms with Crippen LogP contribution >= 0.6 is 11.3 Å². The number of carbonyl (C=O) groups is 2. The molecule has 0 aromatic carbocycles. The Morgan fingerprint density at radius 3 is 2.76 bits per heavy atom. The highest BCUT2D eigenvalue weighted by atomic mass is 32.1. The van der Waals surface area contributed by atoms with Crippen molar-refractivity contribution in [1.29, 1.82) is 0 Å². The summed E-state index contributed by atoms with van der Waals surface area (Å²) in [5, 5.41) is 10.8. The number of carbonyl (C=O) groups excluding carboxylic acids is 1. The molecule has 1 aromatic rings. The highest BCUT2D eigenvalue weighted by molar-refractivity contribution is 7.10. The number of hydrogen-bond acceptors (Lipinski definition) is 3. The van der Waals surface area contributed by atoms with E-state index in [2.05, 4.69) is 0 Å². The largest absolute Gasteiger partial charge is 0.480 e. The van der Waals surface area contributed by atoms with E-state index in [0.29, 0.717) is 6.42 Å². The monoisotopic (exact) mass is 253 g/mol. The van der Waals surface area contributed by atoms with Gasteiger partial charge in [-0.3, -0.25) is 4.79 Å². The molecule has 0 bridgehead atoms. The Morgan fingerprint density at radius 1 is 1.59 bits per heavy atom. The fraction of sp³-hybridized carbons (Fsp3) is 0.333. The maximum Gasteiger partial charge on any atom is 0.326 e. The Bertz CT molecular complexity index is 411. The molecule has 92 valence electrons. The first-order chi connectivity index (χ1) is 8.06. The van der Waals surface area contributed by atoms with Gasteiger partial charge in [-0.2, -0.15) is 0 Å². The van der Waals surface area contributed by atoms with Gasteiger partial charge in [0.25, 0.3) is 0 Å². The Labute approximate surface area is 104 Å².